The fraction of sp³-hybridized carbons (Fsp3) is 0.500. The van der Waals surface area contributed by atoms with Gasteiger partial charge in [0.2, 0.25) is 6.19 Å². The molecule has 0 rings (SSSR count). The van der Waals surface area contributed by atoms with E-state index in [0.29, 0.717) is 0 Å². The first kappa shape index (κ1) is 9.07. The standard InChI is InChI=1S/C4H7N3O2S/c5-2-7-9-4(8)3(6)1-10/h3,7,10H,1,6H2. The third-order valence-electron chi connectivity index (χ3n) is 0.697. The Kier molecular flexibility index (Phi) is 4.45. The maximum absolute atomic E-state index is 10.5. The summed E-state index contributed by atoms with van der Waals surface area (Å²) in [5.74, 6) is -0.511. The van der Waals surface area contributed by atoms with Gasteiger partial charge in [0, 0.05) is 5.75 Å². The number of carbonyl (C=O) groups is 1. The van der Waals surface area contributed by atoms with Gasteiger partial charge in [0.25, 0.3) is 0 Å². The second kappa shape index (κ2) is 4.90. The predicted molar refractivity (Wildman–Crippen MR) is 36.7 cm³/mol. The highest BCUT2D eigenvalue weighted by atomic mass is 32.1. The molecule has 0 saturated heterocycles. The smallest absolute Gasteiger partial charge is 0.332 e. The number of hydroxylamine groups is 1. The summed E-state index contributed by atoms with van der Waals surface area (Å²) in [6.45, 7) is 0. The molecule has 1 unspecified atom stereocenters. The van der Waals surface area contributed by atoms with Crippen molar-refractivity contribution >= 4 is 18.6 Å². The molecule has 1 atom stereocenters. The van der Waals surface area contributed by atoms with Gasteiger partial charge in [-0.25, -0.2) is 4.79 Å². The lowest BCUT2D eigenvalue weighted by Crippen LogP contribution is -2.36. The zero-order valence-corrected chi connectivity index (χ0v) is 5.97. The Morgan fingerprint density at radius 3 is 3.00 bits per heavy atom. The molecule has 0 fully saturated rings. The van der Waals surface area contributed by atoms with E-state index in [9.17, 15) is 4.79 Å². The topological polar surface area (TPSA) is 88.1 Å². The van der Waals surface area contributed by atoms with Crippen molar-refractivity contribution < 1.29 is 9.63 Å². The van der Waals surface area contributed by atoms with Gasteiger partial charge < -0.3 is 10.6 Å². The quantitative estimate of drug-likeness (QED) is 0.209. The highest BCUT2D eigenvalue weighted by molar-refractivity contribution is 7.80. The number of nitrogens with two attached hydrogens (primary N) is 1. The number of thiol groups is 1. The highest BCUT2D eigenvalue weighted by Gasteiger charge is 2.12. The third kappa shape index (κ3) is 3.17. The van der Waals surface area contributed by atoms with E-state index in [1.165, 1.54) is 6.19 Å². The summed E-state index contributed by atoms with van der Waals surface area (Å²) in [4.78, 5) is 14.6. The monoisotopic (exact) mass is 161 g/mol. The van der Waals surface area contributed by atoms with Crippen LogP contribution < -0.4 is 11.2 Å². The zero-order valence-electron chi connectivity index (χ0n) is 5.07. The van der Waals surface area contributed by atoms with Crippen LogP contribution in [0.4, 0.5) is 0 Å². The lowest BCUT2D eigenvalue weighted by molar-refractivity contribution is -0.149. The molecule has 0 spiro atoms. The van der Waals surface area contributed by atoms with Gasteiger partial charge in [0.05, 0.1) is 0 Å². The van der Waals surface area contributed by atoms with Crippen molar-refractivity contribution in [2.75, 3.05) is 5.75 Å². The van der Waals surface area contributed by atoms with Crippen molar-refractivity contribution in [1.82, 2.24) is 5.48 Å². The number of nitriles is 1. The normalized spacial score (nSPS) is 11.3. The largest absolute Gasteiger partial charge is 0.350 e. The Morgan fingerprint density at radius 1 is 2.00 bits per heavy atom. The molecule has 5 nitrogen and oxygen atoms in total. The Morgan fingerprint density at radius 2 is 2.60 bits per heavy atom. The summed E-state index contributed by atoms with van der Waals surface area (Å²) in [7, 11) is 0. The summed E-state index contributed by atoms with van der Waals surface area (Å²) >= 11 is 3.74. The molecule has 0 heterocycles. The number of nitrogens with zero attached hydrogens (tertiary/aromatic N) is 1. The Hall–Kier alpha value is -0.930. The molecule has 0 aromatic carbocycles. The first-order valence-electron chi connectivity index (χ1n) is 2.43. The average Bonchev–Trinajstić information content (AvgIpc) is 1.98. The minimum Gasteiger partial charge on any atom is -0.332 e. The van der Waals surface area contributed by atoms with Gasteiger partial charge >= 0.3 is 5.97 Å². The molecule has 0 bridgehead atoms. The Balaban J connectivity index is 3.54. The van der Waals surface area contributed by atoms with Crippen LogP contribution in [0.5, 0.6) is 0 Å². The van der Waals surface area contributed by atoms with Crippen LogP contribution in [-0.2, 0) is 9.63 Å². The molecule has 0 aliphatic rings. The van der Waals surface area contributed by atoms with E-state index in [1.54, 1.807) is 5.48 Å². The van der Waals surface area contributed by atoms with Crippen LogP contribution in [0.2, 0.25) is 0 Å². The van der Waals surface area contributed by atoms with Crippen molar-refractivity contribution in [2.45, 2.75) is 6.04 Å². The molecule has 0 aliphatic heterocycles. The van der Waals surface area contributed by atoms with Gasteiger partial charge in [-0.05, 0) is 0 Å². The van der Waals surface area contributed by atoms with Crippen LogP contribution in [0.25, 0.3) is 0 Å². The van der Waals surface area contributed by atoms with Gasteiger partial charge in [0.15, 0.2) is 0 Å². The van der Waals surface area contributed by atoms with Crippen LogP contribution in [-0.4, -0.2) is 17.8 Å². The second-order valence-corrected chi connectivity index (χ2v) is 1.79. The first-order chi connectivity index (χ1) is 4.72. The number of hydrogen-bond acceptors (Lipinski definition) is 6. The molecule has 0 amide bonds. The molecule has 0 aromatic rings. The van der Waals surface area contributed by atoms with Crippen LogP contribution >= 0.6 is 12.6 Å². The zero-order chi connectivity index (χ0) is 7.98. The number of hydrogen-bond donors (Lipinski definition) is 3. The van der Waals surface area contributed by atoms with E-state index in [2.05, 4.69) is 17.5 Å². The molecule has 0 saturated carbocycles. The Bertz CT molecular complexity index is 155. The summed E-state index contributed by atoms with van der Waals surface area (Å²) in [6.07, 6.45) is 1.40. The highest BCUT2D eigenvalue weighted by Crippen LogP contribution is 1.85. The van der Waals surface area contributed by atoms with Gasteiger partial charge in [-0.1, -0.05) is 0 Å². The summed E-state index contributed by atoms with van der Waals surface area (Å²) in [6, 6.07) is -0.788. The molecular formula is C4H7N3O2S. The fourth-order valence-corrected chi connectivity index (χ4v) is 0.372. The Labute approximate surface area is 63.5 Å². The number of nitrogens with one attached hydrogen (secondary N) is 1. The minimum absolute atomic E-state index is 0.186. The molecule has 0 aliphatic carbocycles. The van der Waals surface area contributed by atoms with Gasteiger partial charge in [0.1, 0.15) is 6.04 Å². The van der Waals surface area contributed by atoms with E-state index < -0.39 is 12.0 Å². The van der Waals surface area contributed by atoms with Crippen molar-refractivity contribution in [3.8, 4) is 6.19 Å². The van der Waals surface area contributed by atoms with Crippen molar-refractivity contribution in [1.29, 1.82) is 5.26 Å². The molecule has 56 valence electrons. The van der Waals surface area contributed by atoms with Crippen molar-refractivity contribution in [3.63, 3.8) is 0 Å². The number of carbonyl (C=O) groups excluding carboxylic acids is 1. The first-order valence-corrected chi connectivity index (χ1v) is 3.06. The van der Waals surface area contributed by atoms with Crippen LogP contribution in [0, 0.1) is 11.5 Å². The van der Waals surface area contributed by atoms with E-state index in [1.807, 2.05) is 0 Å². The van der Waals surface area contributed by atoms with Gasteiger partial charge in [-0.3, -0.25) is 0 Å². The lowest BCUT2D eigenvalue weighted by Gasteiger charge is -2.04. The minimum atomic E-state index is -0.788. The molecule has 3 N–H and O–H groups in total. The van der Waals surface area contributed by atoms with Crippen LogP contribution in [0.15, 0.2) is 0 Å². The average molecular weight is 161 g/mol. The van der Waals surface area contributed by atoms with E-state index in [4.69, 9.17) is 11.0 Å². The fourth-order valence-electron chi connectivity index (χ4n) is 0.223. The summed E-state index contributed by atoms with van der Waals surface area (Å²) < 4.78 is 0. The maximum Gasteiger partial charge on any atom is 0.350 e. The lowest BCUT2D eigenvalue weighted by atomic mass is 10.4. The van der Waals surface area contributed by atoms with Crippen molar-refractivity contribution in [2.24, 2.45) is 5.73 Å². The molecule has 6 heteroatoms. The summed E-state index contributed by atoms with van der Waals surface area (Å²) in [5.41, 5.74) is 6.86. The number of rotatable bonds is 3. The molecule has 0 radical (unpaired) electrons. The van der Waals surface area contributed by atoms with Crippen LogP contribution in [0.3, 0.4) is 0 Å². The van der Waals surface area contributed by atoms with Crippen molar-refractivity contribution in [3.05, 3.63) is 0 Å². The molecular weight excluding hydrogens is 154 g/mol. The van der Waals surface area contributed by atoms with E-state index >= 15 is 0 Å². The van der Waals surface area contributed by atoms with E-state index in [0.717, 1.165) is 0 Å². The molecule has 10 heavy (non-hydrogen) atoms. The van der Waals surface area contributed by atoms with Gasteiger partial charge in [-0.2, -0.15) is 23.4 Å². The second-order valence-electron chi connectivity index (χ2n) is 1.42. The SMILES string of the molecule is N#CNOC(=O)C(N)CS. The predicted octanol–water partition coefficient (Wildman–Crippen LogP) is -1.23. The van der Waals surface area contributed by atoms with Gasteiger partial charge in [-0.15, -0.1) is 0 Å². The maximum atomic E-state index is 10.5. The molecule has 0 aromatic heterocycles. The third-order valence-corrected chi connectivity index (χ3v) is 1.09. The van der Waals surface area contributed by atoms with Crippen LogP contribution in [0.1, 0.15) is 0 Å². The summed E-state index contributed by atoms with van der Waals surface area (Å²) in [5, 5.41) is 7.87. The van der Waals surface area contributed by atoms with E-state index in [-0.39, 0.29) is 5.75 Å².